The molecule has 0 atom stereocenters. The monoisotopic (exact) mass is 425 g/mol. The van der Waals surface area contributed by atoms with Crippen molar-refractivity contribution in [2.45, 2.75) is 13.0 Å². The summed E-state index contributed by atoms with van der Waals surface area (Å²) in [5.74, 6) is 0.0429. The van der Waals surface area contributed by atoms with Gasteiger partial charge in [-0.1, -0.05) is 42.5 Å². The quantitative estimate of drug-likeness (QED) is 0.494. The van der Waals surface area contributed by atoms with Crippen molar-refractivity contribution >= 4 is 35.0 Å². The summed E-state index contributed by atoms with van der Waals surface area (Å²) in [6, 6.07) is 15.1. The van der Waals surface area contributed by atoms with Gasteiger partial charge in [-0.3, -0.25) is 14.9 Å². The van der Waals surface area contributed by atoms with E-state index in [4.69, 9.17) is 5.21 Å². The second kappa shape index (κ2) is 8.18. The summed E-state index contributed by atoms with van der Waals surface area (Å²) in [4.78, 5) is 24.7. The first-order chi connectivity index (χ1) is 14.2. The number of carbonyl (C=O) groups excluding carboxylic acids is 1. The lowest BCUT2D eigenvalue weighted by atomic mass is 9.79. The SMILES string of the molecule is Cl.O=C(NO)c1cnc(N2CCC3(CN(Cc4cccc5ccccc45)C3)C2)nc1. The number of nitrogens with one attached hydrogen (secondary N) is 1. The van der Waals surface area contributed by atoms with E-state index in [1.807, 2.05) is 0 Å². The highest BCUT2D eigenvalue weighted by atomic mass is 35.5. The van der Waals surface area contributed by atoms with Gasteiger partial charge in [0.05, 0.1) is 5.56 Å². The predicted molar refractivity (Wildman–Crippen MR) is 117 cm³/mol. The van der Waals surface area contributed by atoms with Gasteiger partial charge in [0.2, 0.25) is 5.95 Å². The number of halogens is 1. The number of benzene rings is 2. The number of nitrogens with zero attached hydrogens (tertiary/aromatic N) is 4. The molecule has 1 spiro atoms. The van der Waals surface area contributed by atoms with E-state index in [2.05, 4.69) is 62.2 Å². The van der Waals surface area contributed by atoms with Crippen molar-refractivity contribution in [2.75, 3.05) is 31.1 Å². The Morgan fingerprint density at radius 1 is 1.07 bits per heavy atom. The largest absolute Gasteiger partial charge is 0.340 e. The van der Waals surface area contributed by atoms with Crippen LogP contribution in [0, 0.1) is 5.41 Å². The highest BCUT2D eigenvalue weighted by Crippen LogP contribution is 2.41. The fraction of sp³-hybridized carbons (Fsp3) is 0.318. The Morgan fingerprint density at radius 3 is 2.57 bits per heavy atom. The Hall–Kier alpha value is -2.74. The molecule has 2 aromatic carbocycles. The molecule has 0 radical (unpaired) electrons. The van der Waals surface area contributed by atoms with Gasteiger partial charge in [-0.15, -0.1) is 12.4 Å². The lowest BCUT2D eigenvalue weighted by molar-refractivity contribution is 0.0119. The van der Waals surface area contributed by atoms with Crippen molar-refractivity contribution in [1.82, 2.24) is 20.3 Å². The molecule has 1 amide bonds. The van der Waals surface area contributed by atoms with Gasteiger partial charge in [0.15, 0.2) is 0 Å². The standard InChI is InChI=1S/C22H23N5O2.ClH/c28-20(25-29)18-10-23-21(24-11-18)27-9-8-22(15-27)13-26(14-22)12-17-6-3-5-16-4-1-2-7-19(16)17;/h1-7,10-11,29H,8-9,12-15H2,(H,25,28);1H. The maximum absolute atomic E-state index is 11.4. The number of amides is 1. The van der Waals surface area contributed by atoms with Crippen molar-refractivity contribution in [2.24, 2.45) is 5.41 Å². The van der Waals surface area contributed by atoms with Crippen LogP contribution >= 0.6 is 12.4 Å². The number of hydrogen-bond acceptors (Lipinski definition) is 6. The third-order valence-electron chi connectivity index (χ3n) is 6.12. The van der Waals surface area contributed by atoms with Crippen LogP contribution in [0.2, 0.25) is 0 Å². The van der Waals surface area contributed by atoms with Gasteiger partial charge < -0.3 is 4.90 Å². The van der Waals surface area contributed by atoms with Crippen molar-refractivity contribution in [3.8, 4) is 0 Å². The molecule has 3 aromatic rings. The lowest BCUT2D eigenvalue weighted by Crippen LogP contribution is -2.56. The molecule has 0 saturated carbocycles. The zero-order valence-electron chi connectivity index (χ0n) is 16.5. The molecule has 2 fully saturated rings. The van der Waals surface area contributed by atoms with E-state index in [0.29, 0.717) is 11.4 Å². The summed E-state index contributed by atoms with van der Waals surface area (Å²) in [7, 11) is 0. The summed E-state index contributed by atoms with van der Waals surface area (Å²) in [6.07, 6.45) is 4.03. The van der Waals surface area contributed by atoms with Gasteiger partial charge in [0.1, 0.15) is 0 Å². The second-order valence-corrected chi connectivity index (χ2v) is 8.17. The lowest BCUT2D eigenvalue weighted by Gasteiger charge is -2.48. The van der Waals surface area contributed by atoms with E-state index in [0.717, 1.165) is 39.1 Å². The van der Waals surface area contributed by atoms with E-state index in [-0.39, 0.29) is 18.0 Å². The van der Waals surface area contributed by atoms with Crippen LogP contribution in [0.5, 0.6) is 0 Å². The van der Waals surface area contributed by atoms with E-state index in [1.54, 1.807) is 5.48 Å². The molecule has 3 heterocycles. The zero-order chi connectivity index (χ0) is 19.8. The van der Waals surface area contributed by atoms with Gasteiger partial charge >= 0.3 is 0 Å². The first kappa shape index (κ1) is 20.5. The molecule has 0 bridgehead atoms. The fourth-order valence-corrected chi connectivity index (χ4v) is 4.72. The molecule has 0 unspecified atom stereocenters. The smallest absolute Gasteiger partial charge is 0.277 e. The van der Waals surface area contributed by atoms with Crippen molar-refractivity contribution < 1.29 is 10.0 Å². The summed E-state index contributed by atoms with van der Waals surface area (Å²) >= 11 is 0. The summed E-state index contributed by atoms with van der Waals surface area (Å²) in [6.45, 7) is 5.00. The summed E-state index contributed by atoms with van der Waals surface area (Å²) < 4.78 is 0. The maximum atomic E-state index is 11.4. The topological polar surface area (TPSA) is 81.6 Å². The molecule has 2 N–H and O–H groups in total. The Balaban J connectivity index is 0.00000218. The highest BCUT2D eigenvalue weighted by molar-refractivity contribution is 5.92. The fourth-order valence-electron chi connectivity index (χ4n) is 4.72. The van der Waals surface area contributed by atoms with Crippen LogP contribution in [0.4, 0.5) is 5.95 Å². The maximum Gasteiger partial charge on any atom is 0.277 e. The number of hydrogen-bond donors (Lipinski definition) is 2. The van der Waals surface area contributed by atoms with E-state index >= 15 is 0 Å². The minimum atomic E-state index is -0.600. The predicted octanol–water partition coefficient (Wildman–Crippen LogP) is 2.88. The first-order valence-electron chi connectivity index (χ1n) is 9.86. The minimum absolute atomic E-state index is 0. The third-order valence-corrected chi connectivity index (χ3v) is 6.12. The number of rotatable bonds is 4. The van der Waals surface area contributed by atoms with Gasteiger partial charge in [-0.25, -0.2) is 15.4 Å². The number of anilines is 1. The van der Waals surface area contributed by atoms with Gasteiger partial charge in [0.25, 0.3) is 5.91 Å². The number of likely N-dealkylation sites (tertiary alicyclic amines) is 1. The van der Waals surface area contributed by atoms with Crippen molar-refractivity contribution in [3.05, 3.63) is 66.0 Å². The van der Waals surface area contributed by atoms with Crippen molar-refractivity contribution in [1.29, 1.82) is 0 Å². The van der Waals surface area contributed by atoms with Gasteiger partial charge in [-0.2, -0.15) is 0 Å². The molecular weight excluding hydrogens is 402 g/mol. The molecule has 1 aromatic heterocycles. The van der Waals surface area contributed by atoms with Crippen LogP contribution in [0.15, 0.2) is 54.9 Å². The van der Waals surface area contributed by atoms with Crippen LogP contribution < -0.4 is 10.4 Å². The molecule has 0 aliphatic carbocycles. The van der Waals surface area contributed by atoms with E-state index < -0.39 is 5.91 Å². The molecule has 5 rings (SSSR count). The zero-order valence-corrected chi connectivity index (χ0v) is 17.3. The second-order valence-electron chi connectivity index (χ2n) is 8.17. The number of fused-ring (bicyclic) bond motifs is 1. The average Bonchev–Trinajstić information content (AvgIpc) is 3.19. The Morgan fingerprint density at radius 2 is 1.80 bits per heavy atom. The Labute approximate surface area is 181 Å². The van der Waals surface area contributed by atoms with Crippen LogP contribution in [0.1, 0.15) is 22.3 Å². The van der Waals surface area contributed by atoms with Crippen LogP contribution in [0.3, 0.4) is 0 Å². The molecule has 156 valence electrons. The molecule has 2 aliphatic rings. The molecule has 2 aliphatic heterocycles. The van der Waals surface area contributed by atoms with Crippen LogP contribution in [-0.4, -0.2) is 52.2 Å². The van der Waals surface area contributed by atoms with Gasteiger partial charge in [-0.05, 0) is 22.8 Å². The molecule has 30 heavy (non-hydrogen) atoms. The average molecular weight is 426 g/mol. The molecular formula is C22H24ClN5O2. The number of hydroxylamine groups is 1. The minimum Gasteiger partial charge on any atom is -0.340 e. The Kier molecular flexibility index (Phi) is 5.60. The van der Waals surface area contributed by atoms with Crippen molar-refractivity contribution in [3.63, 3.8) is 0 Å². The number of carbonyl (C=O) groups is 1. The van der Waals surface area contributed by atoms with E-state index in [1.165, 1.54) is 28.7 Å². The Bertz CT molecular complexity index is 1050. The van der Waals surface area contributed by atoms with Crippen LogP contribution in [-0.2, 0) is 6.54 Å². The number of aromatic nitrogens is 2. The molecule has 2 saturated heterocycles. The molecule has 7 nitrogen and oxygen atoms in total. The first-order valence-corrected chi connectivity index (χ1v) is 9.86. The van der Waals surface area contributed by atoms with Gasteiger partial charge in [0, 0.05) is 50.5 Å². The molecule has 8 heteroatoms. The summed E-state index contributed by atoms with van der Waals surface area (Å²) in [5, 5.41) is 11.3. The third kappa shape index (κ3) is 3.71. The highest BCUT2D eigenvalue weighted by Gasteiger charge is 2.47. The van der Waals surface area contributed by atoms with Crippen LogP contribution in [0.25, 0.3) is 10.8 Å². The summed E-state index contributed by atoms with van der Waals surface area (Å²) in [5.41, 5.74) is 3.53. The van der Waals surface area contributed by atoms with E-state index in [9.17, 15) is 4.79 Å². The normalized spacial score (nSPS) is 17.6.